The summed E-state index contributed by atoms with van der Waals surface area (Å²) in [5.74, 6) is 2.19. The van der Waals surface area contributed by atoms with Gasteiger partial charge < -0.3 is 20.3 Å². The summed E-state index contributed by atoms with van der Waals surface area (Å²) in [7, 11) is 1.67. The minimum atomic E-state index is -0.405. The van der Waals surface area contributed by atoms with Crippen LogP contribution in [0.15, 0.2) is 48.5 Å². The number of nitrogens with two attached hydrogens (primary N) is 1. The number of rotatable bonds is 7. The Morgan fingerprint density at radius 1 is 1.08 bits per heavy atom. The van der Waals surface area contributed by atoms with Crippen LogP contribution < -0.4 is 15.2 Å². The van der Waals surface area contributed by atoms with Gasteiger partial charge >= 0.3 is 0 Å². The van der Waals surface area contributed by atoms with Crippen molar-refractivity contribution in [1.82, 2.24) is 0 Å². The van der Waals surface area contributed by atoms with Crippen LogP contribution in [0.5, 0.6) is 11.5 Å². The van der Waals surface area contributed by atoms with Crippen molar-refractivity contribution in [2.75, 3.05) is 20.3 Å². The molecule has 4 heteroatoms. The average Bonchev–Trinajstić information content (AvgIpc) is 3.06. The molecule has 0 spiro atoms. The molecule has 0 radical (unpaired) electrons. The fraction of sp³-hybridized carbons (Fsp3) is 0.429. The second-order valence-corrected chi connectivity index (χ2v) is 6.98. The molecule has 1 aliphatic carbocycles. The average molecular weight is 341 g/mol. The van der Waals surface area contributed by atoms with Crippen LogP contribution in [-0.2, 0) is 6.42 Å². The summed E-state index contributed by atoms with van der Waals surface area (Å²) in [6.45, 7) is 0.710. The Balaban J connectivity index is 1.49. The Labute approximate surface area is 149 Å². The van der Waals surface area contributed by atoms with Crippen LogP contribution in [0.25, 0.3) is 0 Å². The zero-order chi connectivity index (χ0) is 17.7. The summed E-state index contributed by atoms with van der Waals surface area (Å²) >= 11 is 0. The molecule has 3 N–H and O–H groups in total. The zero-order valence-electron chi connectivity index (χ0n) is 14.8. The highest BCUT2D eigenvalue weighted by Crippen LogP contribution is 2.39. The summed E-state index contributed by atoms with van der Waals surface area (Å²) in [5, 5.41) is 9.40. The van der Waals surface area contributed by atoms with Crippen LogP contribution in [0.1, 0.15) is 36.3 Å². The zero-order valence-corrected chi connectivity index (χ0v) is 14.8. The quantitative estimate of drug-likeness (QED) is 0.811. The van der Waals surface area contributed by atoms with Crippen molar-refractivity contribution >= 4 is 0 Å². The van der Waals surface area contributed by atoms with E-state index in [4.69, 9.17) is 15.2 Å². The first-order chi connectivity index (χ1) is 12.1. The van der Waals surface area contributed by atoms with Gasteiger partial charge in [0.05, 0.1) is 20.3 Å². The van der Waals surface area contributed by atoms with Crippen molar-refractivity contribution in [3.05, 3.63) is 59.7 Å². The fourth-order valence-electron chi connectivity index (χ4n) is 3.50. The van der Waals surface area contributed by atoms with Crippen molar-refractivity contribution in [3.63, 3.8) is 0 Å². The van der Waals surface area contributed by atoms with Crippen LogP contribution in [0.3, 0.4) is 0 Å². The van der Waals surface area contributed by atoms with Gasteiger partial charge in [0.15, 0.2) is 0 Å². The molecular weight excluding hydrogens is 314 g/mol. The molecule has 134 valence electrons. The molecule has 1 fully saturated rings. The van der Waals surface area contributed by atoms with Gasteiger partial charge in [-0.2, -0.15) is 0 Å². The molecule has 2 aromatic rings. The Morgan fingerprint density at radius 3 is 2.36 bits per heavy atom. The lowest BCUT2D eigenvalue weighted by molar-refractivity contribution is 0.198. The summed E-state index contributed by atoms with van der Waals surface area (Å²) < 4.78 is 11.0. The summed E-state index contributed by atoms with van der Waals surface area (Å²) in [4.78, 5) is 0. The van der Waals surface area contributed by atoms with Gasteiger partial charge in [-0.15, -0.1) is 0 Å². The maximum Gasteiger partial charge on any atom is 0.119 e. The Morgan fingerprint density at radius 2 is 1.76 bits per heavy atom. The molecule has 0 bridgehead atoms. The predicted octanol–water partition coefficient (Wildman–Crippen LogP) is 3.27. The highest BCUT2D eigenvalue weighted by atomic mass is 16.5. The van der Waals surface area contributed by atoms with Gasteiger partial charge in [-0.05, 0) is 60.6 Å². The minimum Gasteiger partial charge on any atom is -0.497 e. The van der Waals surface area contributed by atoms with Crippen LogP contribution >= 0.6 is 0 Å². The normalized spacial score (nSPS) is 22.8. The third-order valence-electron chi connectivity index (χ3n) is 5.13. The highest BCUT2D eigenvalue weighted by molar-refractivity contribution is 5.31. The van der Waals surface area contributed by atoms with Gasteiger partial charge in [0.2, 0.25) is 0 Å². The molecule has 0 amide bonds. The molecule has 1 aliphatic rings. The molecule has 2 atom stereocenters. The SMILES string of the molecule is COc1ccc(CCOc2ccc([C@@H]3CC[C@](N)(CO)C3)cc2)cc1. The van der Waals surface area contributed by atoms with E-state index in [-0.39, 0.29) is 6.61 Å². The summed E-state index contributed by atoms with van der Waals surface area (Å²) in [6, 6.07) is 16.4. The molecule has 0 unspecified atom stereocenters. The van der Waals surface area contributed by atoms with E-state index < -0.39 is 5.54 Å². The summed E-state index contributed by atoms with van der Waals surface area (Å²) in [6.07, 6.45) is 3.63. The van der Waals surface area contributed by atoms with Crippen LogP contribution in [-0.4, -0.2) is 31.0 Å². The Bertz CT molecular complexity index is 669. The van der Waals surface area contributed by atoms with Crippen LogP contribution in [0, 0.1) is 0 Å². The van der Waals surface area contributed by atoms with Gasteiger partial charge in [0.25, 0.3) is 0 Å². The molecule has 25 heavy (non-hydrogen) atoms. The van der Waals surface area contributed by atoms with Crippen LogP contribution in [0.4, 0.5) is 0 Å². The fourth-order valence-corrected chi connectivity index (χ4v) is 3.50. The number of methoxy groups -OCH3 is 1. The number of hydrogen-bond acceptors (Lipinski definition) is 4. The number of aliphatic hydroxyl groups is 1. The molecule has 0 aromatic heterocycles. The van der Waals surface area contributed by atoms with Crippen LogP contribution in [0.2, 0.25) is 0 Å². The monoisotopic (exact) mass is 341 g/mol. The van der Waals surface area contributed by atoms with Gasteiger partial charge in [-0.1, -0.05) is 24.3 Å². The van der Waals surface area contributed by atoms with E-state index in [1.165, 1.54) is 11.1 Å². The molecule has 2 aromatic carbocycles. The molecule has 0 heterocycles. The maximum absolute atomic E-state index is 9.40. The van der Waals surface area contributed by atoms with Crippen molar-refractivity contribution < 1.29 is 14.6 Å². The van der Waals surface area contributed by atoms with E-state index in [2.05, 4.69) is 24.3 Å². The molecule has 0 aliphatic heterocycles. The van der Waals surface area contributed by atoms with E-state index in [1.54, 1.807) is 7.11 Å². The minimum absolute atomic E-state index is 0.0655. The van der Waals surface area contributed by atoms with Crippen molar-refractivity contribution in [2.24, 2.45) is 5.73 Å². The van der Waals surface area contributed by atoms with Crippen molar-refractivity contribution in [2.45, 2.75) is 37.1 Å². The molecule has 3 rings (SSSR count). The number of benzene rings is 2. The third-order valence-corrected chi connectivity index (χ3v) is 5.13. The Kier molecular flexibility index (Phi) is 5.61. The van der Waals surface area contributed by atoms with Gasteiger partial charge in [0.1, 0.15) is 11.5 Å². The standard InChI is InChI=1S/C21H27NO3/c1-24-19-6-2-16(3-7-19)11-13-25-20-8-4-17(5-9-20)18-10-12-21(22,14-18)15-23/h2-9,18,23H,10-15,22H2,1H3/t18-,21-/m1/s1. The van der Waals surface area contributed by atoms with Gasteiger partial charge in [0, 0.05) is 12.0 Å². The smallest absolute Gasteiger partial charge is 0.119 e. The van der Waals surface area contributed by atoms with Crippen molar-refractivity contribution in [1.29, 1.82) is 0 Å². The van der Waals surface area contributed by atoms with E-state index >= 15 is 0 Å². The number of hydrogen-bond donors (Lipinski definition) is 2. The first kappa shape index (κ1) is 17.8. The topological polar surface area (TPSA) is 64.7 Å². The first-order valence-electron chi connectivity index (χ1n) is 8.87. The molecular formula is C21H27NO3. The highest BCUT2D eigenvalue weighted by Gasteiger charge is 2.35. The Hall–Kier alpha value is -2.04. The largest absolute Gasteiger partial charge is 0.497 e. The molecule has 0 saturated heterocycles. The number of aliphatic hydroxyl groups excluding tert-OH is 1. The third kappa shape index (κ3) is 4.53. The number of ether oxygens (including phenoxy) is 2. The lowest BCUT2D eigenvalue weighted by atomic mass is 9.94. The maximum atomic E-state index is 9.40. The second kappa shape index (κ2) is 7.89. The van der Waals surface area contributed by atoms with E-state index in [1.807, 2.05) is 24.3 Å². The van der Waals surface area contributed by atoms with Gasteiger partial charge in [-0.3, -0.25) is 0 Å². The van der Waals surface area contributed by atoms with Crippen molar-refractivity contribution in [3.8, 4) is 11.5 Å². The first-order valence-corrected chi connectivity index (χ1v) is 8.87. The predicted molar refractivity (Wildman–Crippen MR) is 99.2 cm³/mol. The molecule has 1 saturated carbocycles. The lowest BCUT2D eigenvalue weighted by Crippen LogP contribution is -2.40. The van der Waals surface area contributed by atoms with Gasteiger partial charge in [-0.25, -0.2) is 0 Å². The summed E-state index contributed by atoms with van der Waals surface area (Å²) in [5.41, 5.74) is 8.28. The van der Waals surface area contributed by atoms with E-state index in [0.29, 0.717) is 12.5 Å². The van der Waals surface area contributed by atoms with E-state index in [0.717, 1.165) is 37.2 Å². The lowest BCUT2D eigenvalue weighted by Gasteiger charge is -2.21. The molecule has 4 nitrogen and oxygen atoms in total. The van der Waals surface area contributed by atoms with E-state index in [9.17, 15) is 5.11 Å². The second-order valence-electron chi connectivity index (χ2n) is 6.98.